The van der Waals surface area contributed by atoms with Crippen molar-refractivity contribution in [1.82, 2.24) is 14.2 Å². The fraction of sp³-hybridized carbons (Fsp3) is 0.400. The number of hydrogen-bond acceptors (Lipinski definition) is 5. The van der Waals surface area contributed by atoms with Crippen LogP contribution in [0, 0.1) is 0 Å². The van der Waals surface area contributed by atoms with Crippen molar-refractivity contribution in [3.05, 3.63) is 36.4 Å². The quantitative estimate of drug-likeness (QED) is 0.923. The van der Waals surface area contributed by atoms with Gasteiger partial charge >= 0.3 is 0 Å². The van der Waals surface area contributed by atoms with Gasteiger partial charge in [-0.15, -0.1) is 9.19 Å². The molecular weight excluding hydrogens is 316 g/mol. The van der Waals surface area contributed by atoms with E-state index in [1.807, 2.05) is 20.8 Å². The maximum atomic E-state index is 12.5. The fourth-order valence-electron chi connectivity index (χ4n) is 1.78. The van der Waals surface area contributed by atoms with Gasteiger partial charge in [0.1, 0.15) is 6.33 Å². The number of carbonyl (C=O) groups is 1. The number of anilines is 1. The van der Waals surface area contributed by atoms with Crippen molar-refractivity contribution in [3.63, 3.8) is 0 Å². The van der Waals surface area contributed by atoms with E-state index in [1.165, 1.54) is 18.5 Å². The Kier molecular flexibility index (Phi) is 4.56. The van der Waals surface area contributed by atoms with E-state index in [0.717, 1.165) is 4.09 Å². The predicted octanol–water partition coefficient (Wildman–Crippen LogP) is 2.16. The van der Waals surface area contributed by atoms with E-state index < -0.39 is 10.0 Å². The number of rotatable bonds is 4. The van der Waals surface area contributed by atoms with Gasteiger partial charge in [-0.1, -0.05) is 27.7 Å². The fourth-order valence-corrected chi connectivity index (χ4v) is 2.83. The molecule has 0 aliphatic carbocycles. The summed E-state index contributed by atoms with van der Waals surface area (Å²) in [5, 5.41) is 6.73. The zero-order valence-corrected chi connectivity index (χ0v) is 14.4. The second-order valence-electron chi connectivity index (χ2n) is 6.12. The second-order valence-corrected chi connectivity index (χ2v) is 7.92. The summed E-state index contributed by atoms with van der Waals surface area (Å²) in [6.07, 6.45) is 1.55. The van der Waals surface area contributed by atoms with Gasteiger partial charge in [-0.25, -0.2) is 4.98 Å². The molecule has 0 spiro atoms. The summed E-state index contributed by atoms with van der Waals surface area (Å²) in [4.78, 5) is 15.5. The highest BCUT2D eigenvalue weighted by Crippen LogP contribution is 2.20. The van der Waals surface area contributed by atoms with E-state index in [4.69, 9.17) is 0 Å². The predicted molar refractivity (Wildman–Crippen MR) is 86.7 cm³/mol. The molecule has 1 heterocycles. The molecule has 0 unspecified atom stereocenters. The largest absolute Gasteiger partial charge is 0.326 e. The SMILES string of the molecule is CCC(=O)Nc1ccc(S(=O)(=O)n2cnc(C(C)(C)C)n2)cc1. The minimum absolute atomic E-state index is 0.0809. The summed E-state index contributed by atoms with van der Waals surface area (Å²) in [6, 6.07) is 5.95. The van der Waals surface area contributed by atoms with Gasteiger partial charge in [0.25, 0.3) is 10.0 Å². The minimum Gasteiger partial charge on any atom is -0.326 e. The molecule has 0 aliphatic heterocycles. The lowest BCUT2D eigenvalue weighted by atomic mass is 9.96. The maximum Gasteiger partial charge on any atom is 0.284 e. The van der Waals surface area contributed by atoms with Crippen LogP contribution < -0.4 is 5.32 Å². The average Bonchev–Trinajstić information content (AvgIpc) is 2.98. The van der Waals surface area contributed by atoms with Crippen LogP contribution in [0.15, 0.2) is 35.5 Å². The van der Waals surface area contributed by atoms with Gasteiger partial charge < -0.3 is 5.32 Å². The number of nitrogens with one attached hydrogen (secondary N) is 1. The Labute approximate surface area is 135 Å². The van der Waals surface area contributed by atoms with Crippen LogP contribution in [-0.2, 0) is 20.2 Å². The first-order valence-corrected chi connectivity index (χ1v) is 8.66. The summed E-state index contributed by atoms with van der Waals surface area (Å²) in [5.41, 5.74) is 0.208. The number of nitrogens with zero attached hydrogens (tertiary/aromatic N) is 3. The molecule has 2 aromatic rings. The van der Waals surface area contributed by atoms with Gasteiger partial charge in [-0.3, -0.25) is 4.79 Å². The van der Waals surface area contributed by atoms with Gasteiger partial charge in [-0.05, 0) is 24.3 Å². The third-order valence-corrected chi connectivity index (χ3v) is 4.68. The third kappa shape index (κ3) is 3.76. The van der Waals surface area contributed by atoms with Crippen LogP contribution in [0.4, 0.5) is 5.69 Å². The lowest BCUT2D eigenvalue weighted by molar-refractivity contribution is -0.115. The van der Waals surface area contributed by atoms with Crippen LogP contribution in [-0.4, -0.2) is 28.5 Å². The Bertz CT molecular complexity index is 802. The molecule has 124 valence electrons. The Morgan fingerprint density at radius 3 is 2.30 bits per heavy atom. The summed E-state index contributed by atoms with van der Waals surface area (Å²) < 4.78 is 25.9. The first-order valence-electron chi connectivity index (χ1n) is 7.22. The van der Waals surface area contributed by atoms with Crippen LogP contribution in [0.2, 0.25) is 0 Å². The van der Waals surface area contributed by atoms with Gasteiger partial charge in [-0.2, -0.15) is 8.42 Å². The zero-order chi connectivity index (χ0) is 17.3. The number of aromatic nitrogens is 3. The Hall–Kier alpha value is -2.22. The first-order chi connectivity index (χ1) is 10.6. The highest BCUT2D eigenvalue weighted by molar-refractivity contribution is 7.89. The molecule has 23 heavy (non-hydrogen) atoms. The smallest absolute Gasteiger partial charge is 0.284 e. The van der Waals surface area contributed by atoms with E-state index in [0.29, 0.717) is 17.9 Å². The number of benzene rings is 1. The van der Waals surface area contributed by atoms with Gasteiger partial charge in [0, 0.05) is 17.5 Å². The van der Waals surface area contributed by atoms with Crippen molar-refractivity contribution >= 4 is 21.6 Å². The van der Waals surface area contributed by atoms with Gasteiger partial charge in [0.15, 0.2) is 5.82 Å². The van der Waals surface area contributed by atoms with Crippen LogP contribution in [0.25, 0.3) is 0 Å². The summed E-state index contributed by atoms with van der Waals surface area (Å²) in [6.45, 7) is 7.46. The van der Waals surface area contributed by atoms with Crippen molar-refractivity contribution in [1.29, 1.82) is 0 Å². The van der Waals surface area contributed by atoms with Crippen molar-refractivity contribution in [3.8, 4) is 0 Å². The topological polar surface area (TPSA) is 94.0 Å². The minimum atomic E-state index is -3.80. The van der Waals surface area contributed by atoms with Crippen molar-refractivity contribution < 1.29 is 13.2 Å². The normalized spacial score (nSPS) is 12.2. The Morgan fingerprint density at radius 1 is 1.22 bits per heavy atom. The monoisotopic (exact) mass is 336 g/mol. The average molecular weight is 336 g/mol. The highest BCUT2D eigenvalue weighted by atomic mass is 32.2. The standard InChI is InChI=1S/C15H20N4O3S/c1-5-13(20)17-11-6-8-12(9-7-11)23(21,22)19-10-16-14(18-19)15(2,3)4/h6-10H,5H2,1-4H3,(H,17,20). The molecule has 8 heteroatoms. The molecular formula is C15H20N4O3S. The molecule has 0 atom stereocenters. The van der Waals surface area contributed by atoms with E-state index >= 15 is 0 Å². The molecule has 1 N–H and O–H groups in total. The van der Waals surface area contributed by atoms with Crippen molar-refractivity contribution in [2.24, 2.45) is 0 Å². The maximum absolute atomic E-state index is 12.5. The molecule has 1 amide bonds. The van der Waals surface area contributed by atoms with Crippen molar-refractivity contribution in [2.45, 2.75) is 44.4 Å². The molecule has 1 aromatic carbocycles. The second kappa shape index (κ2) is 6.11. The molecule has 7 nitrogen and oxygen atoms in total. The van der Waals surface area contributed by atoms with Crippen LogP contribution >= 0.6 is 0 Å². The molecule has 0 radical (unpaired) electrons. The third-order valence-electron chi connectivity index (χ3n) is 3.15. The molecule has 0 bridgehead atoms. The van der Waals surface area contributed by atoms with Crippen LogP contribution in [0.5, 0.6) is 0 Å². The van der Waals surface area contributed by atoms with E-state index in [9.17, 15) is 13.2 Å². The zero-order valence-electron chi connectivity index (χ0n) is 13.6. The van der Waals surface area contributed by atoms with E-state index in [1.54, 1.807) is 19.1 Å². The molecule has 0 saturated carbocycles. The highest BCUT2D eigenvalue weighted by Gasteiger charge is 2.24. The van der Waals surface area contributed by atoms with Crippen LogP contribution in [0.3, 0.4) is 0 Å². The Morgan fingerprint density at radius 2 is 1.83 bits per heavy atom. The number of carbonyl (C=O) groups excluding carboxylic acids is 1. The summed E-state index contributed by atoms with van der Waals surface area (Å²) in [7, 11) is -3.80. The Balaban J connectivity index is 2.29. The van der Waals surface area contributed by atoms with E-state index in [2.05, 4.69) is 15.4 Å². The summed E-state index contributed by atoms with van der Waals surface area (Å²) >= 11 is 0. The lowest BCUT2D eigenvalue weighted by Gasteiger charge is -2.12. The molecule has 2 rings (SSSR count). The number of hydrogen-bond donors (Lipinski definition) is 1. The van der Waals surface area contributed by atoms with E-state index in [-0.39, 0.29) is 16.2 Å². The molecule has 1 aromatic heterocycles. The van der Waals surface area contributed by atoms with Crippen LogP contribution in [0.1, 0.15) is 39.9 Å². The summed E-state index contributed by atoms with van der Waals surface area (Å²) in [5.74, 6) is 0.319. The lowest BCUT2D eigenvalue weighted by Crippen LogP contribution is -2.17. The van der Waals surface area contributed by atoms with Gasteiger partial charge in [0.2, 0.25) is 5.91 Å². The molecule has 0 saturated heterocycles. The molecule has 0 aliphatic rings. The number of amides is 1. The molecule has 0 fully saturated rings. The van der Waals surface area contributed by atoms with Crippen molar-refractivity contribution in [2.75, 3.05) is 5.32 Å². The van der Waals surface area contributed by atoms with Gasteiger partial charge in [0.05, 0.1) is 4.90 Å². The first kappa shape index (κ1) is 17.1.